The fourth-order valence-corrected chi connectivity index (χ4v) is 4.25. The average molecular weight is 441 g/mol. The van der Waals surface area contributed by atoms with Crippen molar-refractivity contribution in [3.05, 3.63) is 88.8 Å². The summed E-state index contributed by atoms with van der Waals surface area (Å²) in [7, 11) is 2.04. The molecule has 0 spiro atoms. The van der Waals surface area contributed by atoms with Gasteiger partial charge < -0.3 is 15.1 Å². The van der Waals surface area contributed by atoms with Crippen LogP contribution in [0, 0.1) is 6.92 Å². The molecular formula is C25H26F3N3O. The van der Waals surface area contributed by atoms with Gasteiger partial charge in [-0.25, -0.2) is 0 Å². The van der Waals surface area contributed by atoms with E-state index in [0.717, 1.165) is 49.3 Å². The van der Waals surface area contributed by atoms with E-state index in [1.807, 2.05) is 26.1 Å². The van der Waals surface area contributed by atoms with Crippen LogP contribution in [0.2, 0.25) is 0 Å². The van der Waals surface area contributed by atoms with Crippen molar-refractivity contribution in [2.24, 2.45) is 0 Å². The van der Waals surface area contributed by atoms with Crippen LogP contribution in [0.3, 0.4) is 0 Å². The molecule has 0 aromatic heterocycles. The first kappa shape index (κ1) is 22.0. The summed E-state index contributed by atoms with van der Waals surface area (Å²) >= 11 is 0. The fourth-order valence-electron chi connectivity index (χ4n) is 4.25. The topological polar surface area (TPSA) is 35.6 Å². The number of rotatable bonds is 4. The number of anilines is 1. The van der Waals surface area contributed by atoms with Crippen molar-refractivity contribution in [2.75, 3.05) is 32.0 Å². The van der Waals surface area contributed by atoms with Crippen molar-refractivity contribution in [1.82, 2.24) is 9.80 Å². The first-order valence-electron chi connectivity index (χ1n) is 10.6. The van der Waals surface area contributed by atoms with Crippen LogP contribution in [-0.4, -0.2) is 42.4 Å². The third-order valence-corrected chi connectivity index (χ3v) is 6.07. The Morgan fingerprint density at radius 3 is 2.69 bits per heavy atom. The molecule has 1 unspecified atom stereocenters. The maximum atomic E-state index is 13.0. The number of carbonyl (C=O) groups is 1. The molecule has 4 rings (SSSR count). The number of alkyl halides is 3. The van der Waals surface area contributed by atoms with Crippen molar-refractivity contribution < 1.29 is 18.0 Å². The van der Waals surface area contributed by atoms with Gasteiger partial charge >= 0.3 is 6.18 Å². The van der Waals surface area contributed by atoms with Gasteiger partial charge in [0.2, 0.25) is 0 Å². The summed E-state index contributed by atoms with van der Waals surface area (Å²) < 4.78 is 38.9. The minimum absolute atomic E-state index is 0.125. The van der Waals surface area contributed by atoms with E-state index in [1.165, 1.54) is 17.8 Å². The maximum Gasteiger partial charge on any atom is 0.416 e. The van der Waals surface area contributed by atoms with Crippen molar-refractivity contribution in [2.45, 2.75) is 25.4 Å². The van der Waals surface area contributed by atoms with Gasteiger partial charge in [0, 0.05) is 55.7 Å². The van der Waals surface area contributed by atoms with Gasteiger partial charge in [0.1, 0.15) is 0 Å². The number of likely N-dealkylation sites (N-methyl/N-ethyl adjacent to an activating group) is 1. The number of nitrogens with zero attached hydrogens (tertiary/aromatic N) is 2. The van der Waals surface area contributed by atoms with E-state index in [-0.39, 0.29) is 5.69 Å². The predicted molar refractivity (Wildman–Crippen MR) is 119 cm³/mol. The molecule has 4 nitrogen and oxygen atoms in total. The van der Waals surface area contributed by atoms with Crippen LogP contribution < -0.4 is 5.32 Å². The van der Waals surface area contributed by atoms with Crippen LogP contribution >= 0.6 is 0 Å². The standard InChI is InChI=1S/C25H26F3N3O/c1-17-6-7-18(24(32)29-21-5-3-4-20(15-21)25(26,27)28)14-23(17)19-8-13-31(16-19)22-9-11-30(2)12-10-22/h3-7,9-11,14-15,19H,8,12-13,16H2,1-2H3,(H,29,32). The largest absolute Gasteiger partial charge is 0.416 e. The van der Waals surface area contributed by atoms with E-state index < -0.39 is 17.6 Å². The van der Waals surface area contributed by atoms with Gasteiger partial charge in [0.25, 0.3) is 5.91 Å². The molecule has 1 amide bonds. The third-order valence-electron chi connectivity index (χ3n) is 6.07. The minimum Gasteiger partial charge on any atom is -0.377 e. The number of hydrogen-bond acceptors (Lipinski definition) is 3. The lowest BCUT2D eigenvalue weighted by atomic mass is 9.92. The lowest BCUT2D eigenvalue weighted by Crippen LogP contribution is -2.23. The number of allylic oxidation sites excluding steroid dienone is 1. The molecule has 2 heterocycles. The molecule has 0 aliphatic carbocycles. The van der Waals surface area contributed by atoms with Crippen molar-refractivity contribution in [3.8, 4) is 0 Å². The van der Waals surface area contributed by atoms with Gasteiger partial charge in [-0.1, -0.05) is 12.1 Å². The summed E-state index contributed by atoms with van der Waals surface area (Å²) in [6, 6.07) is 10.2. The number of aryl methyl sites for hydroxylation is 1. The number of likely N-dealkylation sites (tertiary alicyclic amines) is 1. The fraction of sp³-hybridized carbons (Fsp3) is 0.320. The van der Waals surface area contributed by atoms with Gasteiger partial charge in [-0.2, -0.15) is 13.2 Å². The van der Waals surface area contributed by atoms with Gasteiger partial charge in [0.15, 0.2) is 0 Å². The summed E-state index contributed by atoms with van der Waals surface area (Å²) in [5, 5.41) is 2.60. The number of carbonyl (C=O) groups excluding carboxylic acids is 1. The Balaban J connectivity index is 1.48. The second-order valence-electron chi connectivity index (χ2n) is 8.42. The van der Waals surface area contributed by atoms with Crippen molar-refractivity contribution in [3.63, 3.8) is 0 Å². The zero-order valence-electron chi connectivity index (χ0n) is 18.1. The lowest BCUT2D eigenvalue weighted by molar-refractivity contribution is -0.137. The third kappa shape index (κ3) is 4.82. The van der Waals surface area contributed by atoms with E-state index in [9.17, 15) is 18.0 Å². The van der Waals surface area contributed by atoms with E-state index >= 15 is 0 Å². The van der Waals surface area contributed by atoms with Gasteiger partial charge in [-0.05, 0) is 67.0 Å². The second kappa shape index (κ2) is 8.73. The SMILES string of the molecule is Cc1ccc(C(=O)Nc2cccc(C(F)(F)F)c2)cc1C1CCN(C2=CCN(C)C=C2)C1. The first-order chi connectivity index (χ1) is 15.2. The molecule has 2 aromatic carbocycles. The van der Waals surface area contributed by atoms with Crippen LogP contribution in [0.15, 0.2) is 66.5 Å². The zero-order valence-corrected chi connectivity index (χ0v) is 18.1. The monoisotopic (exact) mass is 441 g/mol. The zero-order chi connectivity index (χ0) is 22.9. The number of hydrogen-bond donors (Lipinski definition) is 1. The second-order valence-corrected chi connectivity index (χ2v) is 8.42. The quantitative estimate of drug-likeness (QED) is 0.690. The van der Waals surface area contributed by atoms with Crippen LogP contribution in [0.4, 0.5) is 18.9 Å². The highest BCUT2D eigenvalue weighted by Crippen LogP contribution is 2.33. The average Bonchev–Trinajstić information content (AvgIpc) is 3.24. The number of halogens is 3. The summed E-state index contributed by atoms with van der Waals surface area (Å²) in [5.41, 5.74) is 3.23. The molecular weight excluding hydrogens is 415 g/mol. The molecule has 1 atom stereocenters. The van der Waals surface area contributed by atoms with Gasteiger partial charge in [0.05, 0.1) is 5.56 Å². The first-order valence-corrected chi connectivity index (χ1v) is 10.6. The van der Waals surface area contributed by atoms with Crippen molar-refractivity contribution >= 4 is 11.6 Å². The highest BCUT2D eigenvalue weighted by atomic mass is 19.4. The number of amides is 1. The summed E-state index contributed by atoms with van der Waals surface area (Å²) in [4.78, 5) is 17.3. The predicted octanol–water partition coefficient (Wildman–Crippen LogP) is 5.40. The molecule has 2 aliphatic rings. The van der Waals surface area contributed by atoms with Crippen LogP contribution in [0.5, 0.6) is 0 Å². The minimum atomic E-state index is -4.45. The van der Waals surface area contributed by atoms with Crippen molar-refractivity contribution in [1.29, 1.82) is 0 Å². The molecule has 2 aromatic rings. The Kier molecular flexibility index (Phi) is 6.00. The maximum absolute atomic E-state index is 13.0. The van der Waals surface area contributed by atoms with E-state index in [2.05, 4.69) is 33.5 Å². The molecule has 1 N–H and O–H groups in total. The van der Waals surface area contributed by atoms with Gasteiger partial charge in [-0.3, -0.25) is 4.79 Å². The van der Waals surface area contributed by atoms with Crippen LogP contribution in [0.1, 0.15) is 39.4 Å². The summed E-state index contributed by atoms with van der Waals surface area (Å²) in [6.45, 7) is 4.74. The number of benzene rings is 2. The smallest absolute Gasteiger partial charge is 0.377 e. The Bertz CT molecular complexity index is 1070. The molecule has 0 saturated carbocycles. The van der Waals surface area contributed by atoms with E-state index in [1.54, 1.807) is 6.07 Å². The highest BCUT2D eigenvalue weighted by molar-refractivity contribution is 6.04. The molecule has 7 heteroatoms. The van der Waals surface area contributed by atoms with Crippen LogP contribution in [-0.2, 0) is 6.18 Å². The molecule has 0 bridgehead atoms. The molecule has 2 aliphatic heterocycles. The molecule has 1 saturated heterocycles. The Morgan fingerprint density at radius 1 is 1.16 bits per heavy atom. The Morgan fingerprint density at radius 2 is 1.97 bits per heavy atom. The van der Waals surface area contributed by atoms with E-state index in [0.29, 0.717) is 11.5 Å². The summed E-state index contributed by atoms with van der Waals surface area (Å²) in [5.74, 6) is -0.119. The highest BCUT2D eigenvalue weighted by Gasteiger charge is 2.31. The molecule has 168 valence electrons. The van der Waals surface area contributed by atoms with Crippen LogP contribution in [0.25, 0.3) is 0 Å². The lowest BCUT2D eigenvalue weighted by Gasteiger charge is -2.25. The van der Waals surface area contributed by atoms with Gasteiger partial charge in [-0.15, -0.1) is 0 Å². The molecule has 0 radical (unpaired) electrons. The molecule has 1 fully saturated rings. The number of nitrogens with one attached hydrogen (secondary N) is 1. The Labute approximate surface area is 186 Å². The molecule has 32 heavy (non-hydrogen) atoms. The van der Waals surface area contributed by atoms with E-state index in [4.69, 9.17) is 0 Å². The normalized spacial score (nSPS) is 18.7. The summed E-state index contributed by atoms with van der Waals surface area (Å²) in [6.07, 6.45) is 2.95. The Hall–Kier alpha value is -3.22.